The third kappa shape index (κ3) is 2.52. The Morgan fingerprint density at radius 1 is 0.963 bits per heavy atom. The Morgan fingerprint density at radius 2 is 1.81 bits per heavy atom. The van der Waals surface area contributed by atoms with Gasteiger partial charge in [-0.2, -0.15) is 0 Å². The fourth-order valence-electron chi connectivity index (χ4n) is 3.79. The Bertz CT molecular complexity index is 1160. The number of benzene rings is 1. The highest BCUT2D eigenvalue weighted by molar-refractivity contribution is 5.84. The lowest BCUT2D eigenvalue weighted by molar-refractivity contribution is 0.630. The molecule has 4 aromatic rings. The van der Waals surface area contributed by atoms with Crippen LogP contribution in [0.4, 0.5) is 10.2 Å². The maximum absolute atomic E-state index is 14.4. The molecule has 6 heteroatoms. The number of hydrogen-bond acceptors (Lipinski definition) is 5. The van der Waals surface area contributed by atoms with Gasteiger partial charge in [0.25, 0.3) is 0 Å². The molecule has 0 aliphatic carbocycles. The Hall–Kier alpha value is -3.41. The van der Waals surface area contributed by atoms with E-state index < -0.39 is 0 Å². The molecule has 0 spiro atoms. The van der Waals surface area contributed by atoms with Crippen molar-refractivity contribution >= 4 is 16.9 Å². The summed E-state index contributed by atoms with van der Waals surface area (Å²) < 4.78 is 14.4. The fraction of sp³-hybridized carbons (Fsp3) is 0.143. The van der Waals surface area contributed by atoms with E-state index in [1.807, 2.05) is 24.3 Å². The van der Waals surface area contributed by atoms with Crippen molar-refractivity contribution in [3.63, 3.8) is 0 Å². The molecule has 0 amide bonds. The first kappa shape index (κ1) is 15.8. The average Bonchev–Trinajstić information content (AvgIpc) is 3.03. The van der Waals surface area contributed by atoms with Crippen LogP contribution >= 0.6 is 0 Å². The average molecular weight is 357 g/mol. The van der Waals surface area contributed by atoms with E-state index in [0.717, 1.165) is 22.5 Å². The highest BCUT2D eigenvalue weighted by Crippen LogP contribution is 2.41. The van der Waals surface area contributed by atoms with Crippen molar-refractivity contribution in [2.75, 3.05) is 5.32 Å². The van der Waals surface area contributed by atoms with E-state index in [1.54, 1.807) is 30.7 Å². The summed E-state index contributed by atoms with van der Waals surface area (Å²) in [6.07, 6.45) is 5.08. The summed E-state index contributed by atoms with van der Waals surface area (Å²) in [6.45, 7) is 2.10. The lowest BCUT2D eigenvalue weighted by Gasteiger charge is -2.19. The maximum atomic E-state index is 14.4. The zero-order valence-corrected chi connectivity index (χ0v) is 14.6. The van der Waals surface area contributed by atoms with Gasteiger partial charge in [-0.3, -0.25) is 4.98 Å². The number of nitrogens with zero attached hydrogens (tertiary/aromatic N) is 4. The predicted molar refractivity (Wildman–Crippen MR) is 102 cm³/mol. The number of pyridine rings is 2. The highest BCUT2D eigenvalue weighted by Gasteiger charge is 2.34. The quantitative estimate of drug-likeness (QED) is 0.583. The third-order valence-corrected chi connectivity index (χ3v) is 4.99. The monoisotopic (exact) mass is 357 g/mol. The highest BCUT2D eigenvalue weighted by atomic mass is 19.1. The molecule has 0 bridgehead atoms. The summed E-state index contributed by atoms with van der Waals surface area (Å²) >= 11 is 0. The van der Waals surface area contributed by atoms with E-state index in [2.05, 4.69) is 32.2 Å². The van der Waals surface area contributed by atoms with E-state index >= 15 is 0 Å². The van der Waals surface area contributed by atoms with E-state index in [0.29, 0.717) is 16.9 Å². The molecule has 1 aliphatic rings. The van der Waals surface area contributed by atoms with Crippen molar-refractivity contribution in [1.29, 1.82) is 0 Å². The second kappa shape index (κ2) is 6.09. The fourth-order valence-corrected chi connectivity index (χ4v) is 3.79. The van der Waals surface area contributed by atoms with Gasteiger partial charge in [0.2, 0.25) is 0 Å². The zero-order chi connectivity index (χ0) is 18.4. The molecule has 132 valence electrons. The van der Waals surface area contributed by atoms with Crippen molar-refractivity contribution < 1.29 is 4.39 Å². The number of anilines is 1. The van der Waals surface area contributed by atoms with Crippen LogP contribution in [0, 0.1) is 5.82 Å². The van der Waals surface area contributed by atoms with Crippen LogP contribution in [0.15, 0.2) is 61.1 Å². The molecular weight excluding hydrogens is 341 g/mol. The first-order valence-electron chi connectivity index (χ1n) is 8.80. The van der Waals surface area contributed by atoms with Crippen molar-refractivity contribution in [2.45, 2.75) is 18.9 Å². The normalized spacial score (nSPS) is 18.3. The van der Waals surface area contributed by atoms with Crippen LogP contribution in [0.3, 0.4) is 0 Å². The first-order chi connectivity index (χ1) is 13.2. The smallest absolute Gasteiger partial charge is 0.160 e. The molecule has 3 aromatic heterocycles. The van der Waals surface area contributed by atoms with Crippen molar-refractivity contribution in [3.05, 3.63) is 78.1 Å². The van der Waals surface area contributed by atoms with Gasteiger partial charge in [0, 0.05) is 35.6 Å². The molecule has 0 radical (unpaired) electrons. The molecule has 1 N–H and O–H groups in total. The summed E-state index contributed by atoms with van der Waals surface area (Å²) in [5, 5.41) is 4.33. The molecule has 0 saturated heterocycles. The number of halogens is 1. The predicted octanol–water partition coefficient (Wildman–Crippen LogP) is 4.17. The molecule has 5 rings (SSSR count). The SMILES string of the molecule is CC1Nc2nccnc2C1c1cc(-c2ccccc2F)nc2ncccc12. The van der Waals surface area contributed by atoms with E-state index in [9.17, 15) is 4.39 Å². The van der Waals surface area contributed by atoms with Gasteiger partial charge in [0.15, 0.2) is 5.65 Å². The van der Waals surface area contributed by atoms with Gasteiger partial charge in [0.1, 0.15) is 11.6 Å². The molecule has 4 heterocycles. The Labute approximate surface area is 155 Å². The van der Waals surface area contributed by atoms with E-state index in [-0.39, 0.29) is 17.8 Å². The van der Waals surface area contributed by atoms with Crippen molar-refractivity contribution in [3.8, 4) is 11.3 Å². The number of aromatic nitrogens is 4. The summed E-state index contributed by atoms with van der Waals surface area (Å²) in [4.78, 5) is 18.0. The molecule has 2 atom stereocenters. The first-order valence-corrected chi connectivity index (χ1v) is 8.80. The third-order valence-electron chi connectivity index (χ3n) is 4.99. The number of nitrogens with one attached hydrogen (secondary N) is 1. The molecular formula is C21H16FN5. The van der Waals surface area contributed by atoms with Gasteiger partial charge in [0.05, 0.1) is 17.3 Å². The van der Waals surface area contributed by atoms with Gasteiger partial charge in [-0.1, -0.05) is 12.1 Å². The van der Waals surface area contributed by atoms with Gasteiger partial charge < -0.3 is 5.32 Å². The van der Waals surface area contributed by atoms with Gasteiger partial charge in [-0.15, -0.1) is 0 Å². The van der Waals surface area contributed by atoms with Crippen LogP contribution in [-0.4, -0.2) is 26.0 Å². The number of hydrogen-bond donors (Lipinski definition) is 1. The topological polar surface area (TPSA) is 63.6 Å². The Morgan fingerprint density at radius 3 is 2.70 bits per heavy atom. The standard InChI is InChI=1S/C21H16FN5/c1-12-18(19-21(26-12)25-10-9-23-19)15-11-17(14-5-2-3-7-16(14)22)27-20-13(15)6-4-8-24-20/h2-12,18H,1H3,(H,25,26). The van der Waals surface area contributed by atoms with Gasteiger partial charge >= 0.3 is 0 Å². The largest absolute Gasteiger partial charge is 0.365 e. The maximum Gasteiger partial charge on any atom is 0.160 e. The molecule has 27 heavy (non-hydrogen) atoms. The molecule has 5 nitrogen and oxygen atoms in total. The van der Waals surface area contributed by atoms with Crippen LogP contribution < -0.4 is 5.32 Å². The summed E-state index contributed by atoms with van der Waals surface area (Å²) in [5.74, 6) is 0.467. The second-order valence-electron chi connectivity index (χ2n) is 6.65. The van der Waals surface area contributed by atoms with Gasteiger partial charge in [-0.05, 0) is 42.8 Å². The summed E-state index contributed by atoms with van der Waals surface area (Å²) in [6, 6.07) is 12.6. The summed E-state index contributed by atoms with van der Waals surface area (Å²) in [7, 11) is 0. The zero-order valence-electron chi connectivity index (χ0n) is 14.6. The van der Waals surface area contributed by atoms with Gasteiger partial charge in [-0.25, -0.2) is 19.3 Å². The van der Waals surface area contributed by atoms with Crippen LogP contribution in [0.1, 0.15) is 24.1 Å². The minimum Gasteiger partial charge on any atom is -0.365 e. The number of rotatable bonds is 2. The second-order valence-corrected chi connectivity index (χ2v) is 6.65. The van der Waals surface area contributed by atoms with Crippen LogP contribution in [0.5, 0.6) is 0 Å². The minimum atomic E-state index is -0.302. The summed E-state index contributed by atoms with van der Waals surface area (Å²) in [5.41, 5.74) is 3.53. The van der Waals surface area contributed by atoms with Crippen molar-refractivity contribution in [1.82, 2.24) is 19.9 Å². The van der Waals surface area contributed by atoms with E-state index in [4.69, 9.17) is 0 Å². The van der Waals surface area contributed by atoms with Crippen LogP contribution in [0.25, 0.3) is 22.3 Å². The van der Waals surface area contributed by atoms with Crippen molar-refractivity contribution in [2.24, 2.45) is 0 Å². The molecule has 1 aromatic carbocycles. The lowest BCUT2D eigenvalue weighted by atomic mass is 9.89. The van der Waals surface area contributed by atoms with Crippen LogP contribution in [-0.2, 0) is 0 Å². The Kier molecular flexibility index (Phi) is 3.57. The molecule has 0 saturated carbocycles. The van der Waals surface area contributed by atoms with Crippen LogP contribution in [0.2, 0.25) is 0 Å². The molecule has 2 unspecified atom stereocenters. The molecule has 0 fully saturated rings. The molecule has 1 aliphatic heterocycles. The Balaban J connectivity index is 1.78. The lowest BCUT2D eigenvalue weighted by Crippen LogP contribution is -2.18. The minimum absolute atomic E-state index is 0.0195. The number of fused-ring (bicyclic) bond motifs is 2. The van der Waals surface area contributed by atoms with E-state index in [1.165, 1.54) is 6.07 Å².